The van der Waals surface area contributed by atoms with Crippen LogP contribution < -0.4 is 14.5 Å². The summed E-state index contributed by atoms with van der Waals surface area (Å²) in [4.78, 5) is 28.2. The fourth-order valence-electron chi connectivity index (χ4n) is 8.27. The van der Waals surface area contributed by atoms with Gasteiger partial charge in [0.15, 0.2) is 5.83 Å². The van der Waals surface area contributed by atoms with Gasteiger partial charge in [-0.05, 0) is 55.0 Å². The molecule has 0 radical (unpaired) electrons. The SMILES string of the molecule is C=C(F)C(=O)N1CCN(c2nc(OCC34CC(C)CCCC3C4)nc3c2CCN(c2cccc4ccc(F)c(Cl)c24)C3)C[C@@H]1CC#N. The molecule has 1 saturated heterocycles. The molecule has 246 valence electrons. The molecule has 2 aliphatic heterocycles. The number of aromatic nitrogens is 2. The van der Waals surface area contributed by atoms with E-state index in [-0.39, 0.29) is 23.4 Å². The maximum atomic E-state index is 14.6. The molecule has 1 amide bonds. The predicted molar refractivity (Wildman–Crippen MR) is 178 cm³/mol. The summed E-state index contributed by atoms with van der Waals surface area (Å²) in [7, 11) is 0. The number of amides is 1. The maximum absolute atomic E-state index is 14.6. The van der Waals surface area contributed by atoms with Crippen LogP contribution in [0.2, 0.25) is 5.02 Å². The van der Waals surface area contributed by atoms with E-state index in [0.717, 1.165) is 34.6 Å². The summed E-state index contributed by atoms with van der Waals surface area (Å²) in [6, 6.07) is 10.9. The summed E-state index contributed by atoms with van der Waals surface area (Å²) >= 11 is 6.52. The van der Waals surface area contributed by atoms with Gasteiger partial charge in [0.2, 0.25) is 0 Å². The van der Waals surface area contributed by atoms with Gasteiger partial charge in [0, 0.05) is 48.2 Å². The normalized spacial score (nSPS) is 25.4. The Bertz CT molecular complexity index is 1780. The molecular formula is C36H39ClF2N6O2. The number of carbonyl (C=O) groups is 1. The number of fused-ring (bicyclic) bond motifs is 3. The molecule has 2 aromatic carbocycles. The summed E-state index contributed by atoms with van der Waals surface area (Å²) in [6.45, 7) is 8.12. The molecule has 47 heavy (non-hydrogen) atoms. The van der Waals surface area contributed by atoms with Gasteiger partial charge < -0.3 is 19.4 Å². The van der Waals surface area contributed by atoms with Crippen molar-refractivity contribution in [2.24, 2.45) is 17.3 Å². The van der Waals surface area contributed by atoms with Crippen molar-refractivity contribution in [1.29, 1.82) is 5.26 Å². The van der Waals surface area contributed by atoms with Gasteiger partial charge in [0.1, 0.15) is 11.6 Å². The third-order valence-electron chi connectivity index (χ3n) is 10.7. The van der Waals surface area contributed by atoms with Crippen molar-refractivity contribution in [3.63, 3.8) is 0 Å². The van der Waals surface area contributed by atoms with E-state index in [1.807, 2.05) is 18.2 Å². The summed E-state index contributed by atoms with van der Waals surface area (Å²) in [6.07, 6.45) is 6.74. The molecule has 0 N–H and O–H groups in total. The number of halogens is 3. The minimum Gasteiger partial charge on any atom is -0.463 e. The molecule has 8 nitrogen and oxygen atoms in total. The predicted octanol–water partition coefficient (Wildman–Crippen LogP) is 6.99. The van der Waals surface area contributed by atoms with Crippen molar-refractivity contribution < 1.29 is 18.3 Å². The van der Waals surface area contributed by atoms with Crippen LogP contribution in [0.5, 0.6) is 6.01 Å². The molecule has 4 aliphatic rings. The van der Waals surface area contributed by atoms with Gasteiger partial charge in [0.05, 0.1) is 42.4 Å². The molecule has 3 heterocycles. The second kappa shape index (κ2) is 12.6. The standard InChI is InChI=1S/C36H39ClF2N6O2/c1-22-5-3-7-25-18-36(25,17-22)21-47-35-41-29-20-43(30-8-4-6-24-9-10-28(39)32(37)31(24)30)14-12-27(29)33(42-35)44-15-16-45(34(46)23(2)38)26(19-44)11-13-40/h4,6,8-10,22,25-26H,2-3,5,7,11-12,14-21H2,1H3/t22?,25?,26-,36?/m0/s1. The zero-order chi connectivity index (χ0) is 32.9. The number of nitrogens with zero attached hydrogens (tertiary/aromatic N) is 6. The Morgan fingerprint density at radius 1 is 1.17 bits per heavy atom. The topological polar surface area (TPSA) is 85.6 Å². The van der Waals surface area contributed by atoms with Crippen LogP contribution >= 0.6 is 11.6 Å². The van der Waals surface area contributed by atoms with Gasteiger partial charge in [-0.3, -0.25) is 4.79 Å². The fraction of sp³-hybridized carbons (Fsp3) is 0.500. The average Bonchev–Trinajstić information content (AvgIpc) is 3.77. The zero-order valence-electron chi connectivity index (χ0n) is 26.7. The van der Waals surface area contributed by atoms with Gasteiger partial charge in [0.25, 0.3) is 5.91 Å². The summed E-state index contributed by atoms with van der Waals surface area (Å²) in [5.74, 6) is -0.214. The van der Waals surface area contributed by atoms with Gasteiger partial charge in [-0.2, -0.15) is 15.2 Å². The monoisotopic (exact) mass is 660 g/mol. The third kappa shape index (κ3) is 5.99. The van der Waals surface area contributed by atoms with Crippen LogP contribution in [0.15, 0.2) is 42.7 Å². The molecule has 0 bridgehead atoms. The van der Waals surface area contributed by atoms with Crippen LogP contribution in [0.4, 0.5) is 20.3 Å². The number of nitriles is 1. The van der Waals surface area contributed by atoms with Crippen molar-refractivity contribution in [2.45, 2.75) is 64.5 Å². The number of rotatable bonds is 7. The largest absolute Gasteiger partial charge is 0.463 e. The molecule has 3 fully saturated rings. The van der Waals surface area contributed by atoms with E-state index < -0.39 is 23.6 Å². The van der Waals surface area contributed by atoms with E-state index in [0.29, 0.717) is 62.4 Å². The molecule has 1 aromatic heterocycles. The quantitative estimate of drug-likeness (QED) is 0.253. The second-order valence-corrected chi connectivity index (χ2v) is 14.2. The van der Waals surface area contributed by atoms with Crippen LogP contribution in [-0.2, 0) is 17.8 Å². The molecular weight excluding hydrogens is 622 g/mol. The molecule has 7 rings (SSSR count). The van der Waals surface area contributed by atoms with Crippen molar-refractivity contribution >= 4 is 39.8 Å². The smallest absolute Gasteiger partial charge is 0.318 e. The lowest BCUT2D eigenvalue weighted by atomic mass is 9.92. The maximum Gasteiger partial charge on any atom is 0.318 e. The first kappa shape index (κ1) is 31.6. The summed E-state index contributed by atoms with van der Waals surface area (Å²) in [5.41, 5.74) is 2.79. The highest BCUT2D eigenvalue weighted by atomic mass is 35.5. The first-order chi connectivity index (χ1) is 22.7. The zero-order valence-corrected chi connectivity index (χ0v) is 27.4. The molecule has 4 atom stereocenters. The summed E-state index contributed by atoms with van der Waals surface area (Å²) < 4.78 is 35.0. The Kier molecular flexibility index (Phi) is 8.46. The van der Waals surface area contributed by atoms with Crippen LogP contribution in [0.1, 0.15) is 56.7 Å². The Morgan fingerprint density at radius 2 is 2.02 bits per heavy atom. The number of piperazine rings is 1. The van der Waals surface area contributed by atoms with Gasteiger partial charge in [-0.1, -0.05) is 56.1 Å². The highest BCUT2D eigenvalue weighted by molar-refractivity contribution is 6.36. The number of anilines is 2. The Balaban J connectivity index is 1.23. The van der Waals surface area contributed by atoms with E-state index in [9.17, 15) is 18.8 Å². The van der Waals surface area contributed by atoms with Crippen LogP contribution in [-0.4, -0.2) is 59.6 Å². The number of carbonyl (C=O) groups excluding carboxylic acids is 1. The molecule has 11 heteroatoms. The average molecular weight is 661 g/mol. The van der Waals surface area contributed by atoms with Crippen LogP contribution in [0.3, 0.4) is 0 Å². The second-order valence-electron chi connectivity index (χ2n) is 13.8. The Labute approximate surface area is 279 Å². The van der Waals surface area contributed by atoms with Gasteiger partial charge in [-0.15, -0.1) is 0 Å². The van der Waals surface area contributed by atoms with E-state index >= 15 is 0 Å². The first-order valence-electron chi connectivity index (χ1n) is 16.6. The molecule has 2 saturated carbocycles. The summed E-state index contributed by atoms with van der Waals surface area (Å²) in [5, 5.41) is 11.2. The minimum atomic E-state index is -1.03. The van der Waals surface area contributed by atoms with Gasteiger partial charge >= 0.3 is 6.01 Å². The molecule has 3 unspecified atom stereocenters. The van der Waals surface area contributed by atoms with Crippen molar-refractivity contribution in [3.05, 3.63) is 64.8 Å². The number of ether oxygens (including phenoxy) is 1. The molecule has 2 aliphatic carbocycles. The Morgan fingerprint density at radius 3 is 2.83 bits per heavy atom. The molecule has 3 aromatic rings. The van der Waals surface area contributed by atoms with E-state index in [1.165, 1.54) is 36.6 Å². The van der Waals surface area contributed by atoms with E-state index in [1.54, 1.807) is 6.07 Å². The lowest BCUT2D eigenvalue weighted by Gasteiger charge is -2.42. The lowest BCUT2D eigenvalue weighted by Crippen LogP contribution is -2.55. The van der Waals surface area contributed by atoms with E-state index in [2.05, 4.69) is 29.4 Å². The van der Waals surface area contributed by atoms with Crippen molar-refractivity contribution in [1.82, 2.24) is 14.9 Å². The fourth-order valence-corrected chi connectivity index (χ4v) is 8.54. The van der Waals surface area contributed by atoms with Crippen molar-refractivity contribution in [2.75, 3.05) is 42.6 Å². The first-order valence-corrected chi connectivity index (χ1v) is 17.0. The Hall–Kier alpha value is -3.97. The van der Waals surface area contributed by atoms with Crippen LogP contribution in [0, 0.1) is 34.4 Å². The third-order valence-corrected chi connectivity index (χ3v) is 11.1. The lowest BCUT2D eigenvalue weighted by molar-refractivity contribution is -0.131. The highest BCUT2D eigenvalue weighted by Crippen LogP contribution is 2.61. The number of hydrogen-bond donors (Lipinski definition) is 0. The van der Waals surface area contributed by atoms with Gasteiger partial charge in [-0.25, -0.2) is 8.78 Å². The minimum absolute atomic E-state index is 0.0560. The van der Waals surface area contributed by atoms with E-state index in [4.69, 9.17) is 26.3 Å². The molecule has 0 spiro atoms. The number of benzene rings is 2. The number of hydrogen-bond acceptors (Lipinski definition) is 7. The van der Waals surface area contributed by atoms with Crippen molar-refractivity contribution in [3.8, 4) is 12.1 Å². The van der Waals surface area contributed by atoms with Crippen LogP contribution in [0.25, 0.3) is 10.8 Å². The highest BCUT2D eigenvalue weighted by Gasteiger charge is 2.55.